The molecule has 3 rings (SSSR count). The maximum atomic E-state index is 11.9. The number of esters is 1. The minimum absolute atomic E-state index is 0.235. The number of rotatable bonds is 3. The summed E-state index contributed by atoms with van der Waals surface area (Å²) in [5.74, 6) is 1.52. The fourth-order valence-electron chi connectivity index (χ4n) is 2.22. The second kappa shape index (κ2) is 5.50. The molecule has 0 saturated carbocycles. The summed E-state index contributed by atoms with van der Waals surface area (Å²) in [5, 5.41) is 0. The molecule has 0 atom stereocenters. The number of carbonyl (C=O) groups is 1. The molecule has 1 aliphatic heterocycles. The first-order valence-electron chi connectivity index (χ1n) is 6.34. The van der Waals surface area contributed by atoms with Gasteiger partial charge in [0.15, 0.2) is 0 Å². The van der Waals surface area contributed by atoms with E-state index in [1.54, 1.807) is 18.9 Å². The van der Waals surface area contributed by atoms with Crippen molar-refractivity contribution >= 4 is 29.1 Å². The summed E-state index contributed by atoms with van der Waals surface area (Å²) in [5.41, 5.74) is 2.35. The van der Waals surface area contributed by atoms with Gasteiger partial charge in [0.2, 0.25) is 0 Å². The second-order valence-corrected chi connectivity index (χ2v) is 6.35. The molecule has 1 aliphatic rings. The molecule has 0 saturated heterocycles. The van der Waals surface area contributed by atoms with Crippen LogP contribution in [0.25, 0.3) is 10.4 Å². The molecule has 2 aromatic rings. The molecule has 0 unspecified atom stereocenters. The highest BCUT2D eigenvalue weighted by Crippen LogP contribution is 2.49. The van der Waals surface area contributed by atoms with Crippen molar-refractivity contribution in [1.82, 2.24) is 0 Å². The summed E-state index contributed by atoms with van der Waals surface area (Å²) in [6, 6.07) is 7.98. The molecule has 3 nitrogen and oxygen atoms in total. The van der Waals surface area contributed by atoms with Crippen LogP contribution in [-0.4, -0.2) is 19.7 Å². The number of carbonyl (C=O) groups excluding carboxylic acids is 1. The number of hydrogen-bond acceptors (Lipinski definition) is 5. The minimum Gasteiger partial charge on any atom is -0.496 e. The lowest BCUT2D eigenvalue weighted by Gasteiger charge is -2.17. The van der Waals surface area contributed by atoms with Crippen LogP contribution in [-0.2, 0) is 10.5 Å². The standard InChI is InChI=1S/C15H14O3S2/c1-3-18-15(16)12-7-9-8-19-14-10(13(9)20-12)5-4-6-11(14)17-2/h4-7H,3,8H2,1-2H3. The Balaban J connectivity index is 2.06. The number of ether oxygens (including phenoxy) is 2. The van der Waals surface area contributed by atoms with E-state index in [0.717, 1.165) is 26.8 Å². The summed E-state index contributed by atoms with van der Waals surface area (Å²) in [7, 11) is 1.68. The number of hydrogen-bond donors (Lipinski definition) is 0. The van der Waals surface area contributed by atoms with Crippen molar-refractivity contribution in [2.75, 3.05) is 13.7 Å². The molecule has 0 fully saturated rings. The van der Waals surface area contributed by atoms with Gasteiger partial charge < -0.3 is 9.47 Å². The van der Waals surface area contributed by atoms with E-state index in [1.165, 1.54) is 16.9 Å². The van der Waals surface area contributed by atoms with Crippen molar-refractivity contribution < 1.29 is 14.3 Å². The zero-order chi connectivity index (χ0) is 14.1. The van der Waals surface area contributed by atoms with Crippen LogP contribution in [0.5, 0.6) is 5.75 Å². The lowest BCUT2D eigenvalue weighted by molar-refractivity contribution is 0.0532. The van der Waals surface area contributed by atoms with Crippen molar-refractivity contribution in [3.8, 4) is 16.2 Å². The van der Waals surface area contributed by atoms with Crippen molar-refractivity contribution in [3.63, 3.8) is 0 Å². The predicted molar refractivity (Wildman–Crippen MR) is 81.8 cm³/mol. The molecular formula is C15H14O3S2. The van der Waals surface area contributed by atoms with Crippen molar-refractivity contribution in [2.45, 2.75) is 17.6 Å². The van der Waals surface area contributed by atoms with Gasteiger partial charge in [-0.1, -0.05) is 12.1 Å². The van der Waals surface area contributed by atoms with E-state index < -0.39 is 0 Å². The third kappa shape index (κ3) is 2.21. The Morgan fingerprint density at radius 1 is 1.40 bits per heavy atom. The van der Waals surface area contributed by atoms with Crippen LogP contribution in [0.2, 0.25) is 0 Å². The molecule has 0 bridgehead atoms. The lowest BCUT2D eigenvalue weighted by atomic mass is 10.1. The fraction of sp³-hybridized carbons (Fsp3) is 0.267. The van der Waals surface area contributed by atoms with E-state index >= 15 is 0 Å². The molecule has 5 heteroatoms. The minimum atomic E-state index is -0.235. The van der Waals surface area contributed by atoms with Gasteiger partial charge in [-0.05, 0) is 24.6 Å². The van der Waals surface area contributed by atoms with Crippen molar-refractivity contribution in [3.05, 3.63) is 34.7 Å². The van der Waals surface area contributed by atoms with Crippen LogP contribution in [0, 0.1) is 0 Å². The molecule has 104 valence electrons. The number of methoxy groups -OCH3 is 1. The van der Waals surface area contributed by atoms with Gasteiger partial charge in [-0.3, -0.25) is 0 Å². The predicted octanol–water partition coefficient (Wildman–Crippen LogP) is 4.21. The zero-order valence-electron chi connectivity index (χ0n) is 11.3. The third-order valence-electron chi connectivity index (χ3n) is 3.10. The Kier molecular flexibility index (Phi) is 3.72. The van der Waals surface area contributed by atoms with E-state index in [9.17, 15) is 4.79 Å². The monoisotopic (exact) mass is 306 g/mol. The fourth-order valence-corrected chi connectivity index (χ4v) is 4.63. The van der Waals surface area contributed by atoms with E-state index in [1.807, 2.05) is 25.1 Å². The maximum absolute atomic E-state index is 11.9. The van der Waals surface area contributed by atoms with Crippen LogP contribution in [0.15, 0.2) is 29.2 Å². The lowest BCUT2D eigenvalue weighted by Crippen LogP contribution is -2.01. The summed E-state index contributed by atoms with van der Waals surface area (Å²) < 4.78 is 10.5. The Hall–Kier alpha value is -1.46. The molecule has 1 aromatic carbocycles. The molecule has 0 aliphatic carbocycles. The summed E-state index contributed by atoms with van der Waals surface area (Å²) in [6.45, 7) is 2.22. The van der Waals surface area contributed by atoms with E-state index in [4.69, 9.17) is 9.47 Å². The van der Waals surface area contributed by atoms with Gasteiger partial charge in [0.05, 0.1) is 18.6 Å². The van der Waals surface area contributed by atoms with Crippen molar-refractivity contribution in [1.29, 1.82) is 0 Å². The Morgan fingerprint density at radius 3 is 3.00 bits per heavy atom. The first-order chi connectivity index (χ1) is 9.74. The third-order valence-corrected chi connectivity index (χ3v) is 5.46. The SMILES string of the molecule is CCOC(=O)c1cc2c(s1)-c1cccc(OC)c1SC2. The van der Waals surface area contributed by atoms with Crippen LogP contribution in [0.3, 0.4) is 0 Å². The Morgan fingerprint density at radius 2 is 2.25 bits per heavy atom. The quantitative estimate of drug-likeness (QED) is 0.796. The first-order valence-corrected chi connectivity index (χ1v) is 8.14. The summed E-state index contributed by atoms with van der Waals surface area (Å²) in [4.78, 5) is 14.8. The van der Waals surface area contributed by atoms with Gasteiger partial charge >= 0.3 is 5.97 Å². The number of thiophene rings is 1. The van der Waals surface area contributed by atoms with Crippen LogP contribution < -0.4 is 4.74 Å². The number of thioether (sulfide) groups is 1. The Labute approximate surface area is 125 Å². The normalized spacial score (nSPS) is 12.5. The molecule has 0 radical (unpaired) electrons. The topological polar surface area (TPSA) is 35.5 Å². The van der Waals surface area contributed by atoms with Gasteiger partial charge in [-0.15, -0.1) is 23.1 Å². The van der Waals surface area contributed by atoms with Crippen LogP contribution >= 0.6 is 23.1 Å². The summed E-state index contributed by atoms with van der Waals surface area (Å²) >= 11 is 3.25. The van der Waals surface area contributed by atoms with Gasteiger partial charge in [0.25, 0.3) is 0 Å². The average molecular weight is 306 g/mol. The van der Waals surface area contributed by atoms with Gasteiger partial charge in [-0.25, -0.2) is 4.79 Å². The van der Waals surface area contributed by atoms with Crippen LogP contribution in [0.4, 0.5) is 0 Å². The van der Waals surface area contributed by atoms with E-state index in [2.05, 4.69) is 6.07 Å². The Bertz CT molecular complexity index is 661. The largest absolute Gasteiger partial charge is 0.496 e. The van der Waals surface area contributed by atoms with Crippen LogP contribution in [0.1, 0.15) is 22.2 Å². The highest BCUT2D eigenvalue weighted by molar-refractivity contribution is 7.98. The number of fused-ring (bicyclic) bond motifs is 3. The summed E-state index contributed by atoms with van der Waals surface area (Å²) in [6.07, 6.45) is 0. The smallest absolute Gasteiger partial charge is 0.348 e. The zero-order valence-corrected chi connectivity index (χ0v) is 12.9. The maximum Gasteiger partial charge on any atom is 0.348 e. The highest BCUT2D eigenvalue weighted by Gasteiger charge is 2.24. The number of benzene rings is 1. The molecule has 2 heterocycles. The van der Waals surface area contributed by atoms with Gasteiger partial charge in [0, 0.05) is 16.2 Å². The molecule has 0 amide bonds. The van der Waals surface area contributed by atoms with E-state index in [-0.39, 0.29) is 5.97 Å². The first kappa shape index (κ1) is 13.5. The molecule has 0 spiro atoms. The molecule has 20 heavy (non-hydrogen) atoms. The molecule has 0 N–H and O–H groups in total. The average Bonchev–Trinajstić information content (AvgIpc) is 2.91. The van der Waals surface area contributed by atoms with Gasteiger partial charge in [0.1, 0.15) is 10.6 Å². The van der Waals surface area contributed by atoms with Gasteiger partial charge in [-0.2, -0.15) is 0 Å². The highest BCUT2D eigenvalue weighted by atomic mass is 32.2. The van der Waals surface area contributed by atoms with Crippen molar-refractivity contribution in [2.24, 2.45) is 0 Å². The molecular weight excluding hydrogens is 292 g/mol. The van der Waals surface area contributed by atoms with E-state index in [0.29, 0.717) is 11.5 Å². The second-order valence-electron chi connectivity index (χ2n) is 4.31. The molecule has 1 aromatic heterocycles.